The van der Waals surface area contributed by atoms with Crippen molar-refractivity contribution in [3.8, 4) is 0 Å². The summed E-state index contributed by atoms with van der Waals surface area (Å²) in [6.45, 7) is 0. The van der Waals surface area contributed by atoms with Crippen molar-refractivity contribution < 1.29 is 68.4 Å². The van der Waals surface area contributed by atoms with Crippen molar-refractivity contribution >= 4 is 56.4 Å². The maximum absolute atomic E-state index is 8.85. The zero-order valence-corrected chi connectivity index (χ0v) is 14.5. The van der Waals surface area contributed by atoms with Gasteiger partial charge in [-0.05, 0) is 0 Å². The molecule has 0 aliphatic heterocycles. The Morgan fingerprint density at radius 3 is 0.944 bits per heavy atom. The summed E-state index contributed by atoms with van der Waals surface area (Å²) in [4.78, 5) is 0. The Morgan fingerprint density at radius 1 is 0.944 bits per heavy atom. The molecule has 0 radical (unpaired) electrons. The maximum atomic E-state index is 8.85. The molecule has 18 heavy (non-hydrogen) atoms. The van der Waals surface area contributed by atoms with Gasteiger partial charge in [0.05, 0.1) is 0 Å². The second kappa shape index (κ2) is 18.6. The van der Waals surface area contributed by atoms with E-state index < -0.39 is 27.9 Å². The summed E-state index contributed by atoms with van der Waals surface area (Å²) in [5.41, 5.74) is 0. The third-order valence-corrected chi connectivity index (χ3v) is 0. The van der Waals surface area contributed by atoms with E-state index in [4.69, 9.17) is 41.0 Å². The molecule has 0 saturated carbocycles. The molecule has 0 aromatic rings. The molecule has 0 aliphatic carbocycles. The molecule has 0 aromatic carbocycles. The Morgan fingerprint density at radius 2 is 0.944 bits per heavy atom. The zero-order valence-electron chi connectivity index (χ0n) is 7.73. The van der Waals surface area contributed by atoms with Crippen molar-refractivity contribution in [2.45, 2.75) is 0 Å². The van der Waals surface area contributed by atoms with E-state index in [0.29, 0.717) is 0 Å². The molecule has 0 spiro atoms. The SMILES string of the molecule is NS(=O)(=O)[O-].NS(=O)(=O)[O-].OB(O)O.[Br][Ni][Br].[Ni+2]. The van der Waals surface area contributed by atoms with Crippen LogP contribution in [0.2, 0.25) is 0 Å². The zero-order chi connectivity index (χ0) is 15.3. The minimum absolute atomic E-state index is 0. The van der Waals surface area contributed by atoms with Crippen LogP contribution in [0.4, 0.5) is 0 Å². The summed E-state index contributed by atoms with van der Waals surface area (Å²) in [6.07, 6.45) is 0. The summed E-state index contributed by atoms with van der Waals surface area (Å²) in [6, 6.07) is 0. The van der Waals surface area contributed by atoms with E-state index in [0.717, 1.165) is 0 Å². The van der Waals surface area contributed by atoms with E-state index >= 15 is 0 Å². The molecule has 18 heteroatoms. The molecule has 120 valence electrons. The van der Waals surface area contributed by atoms with Crippen LogP contribution < -0.4 is 10.3 Å². The van der Waals surface area contributed by atoms with Crippen LogP contribution in [0.5, 0.6) is 0 Å². The topological polar surface area (TPSA) is 227 Å². The second-order valence-electron chi connectivity index (χ2n) is 1.38. The molecule has 0 rings (SSSR count). The predicted octanol–water partition coefficient (Wildman–Crippen LogP) is -3.55. The molecule has 0 fully saturated rings. The second-order valence-corrected chi connectivity index (χ2v) is 8.33. The van der Waals surface area contributed by atoms with E-state index in [-0.39, 0.29) is 16.5 Å². The van der Waals surface area contributed by atoms with E-state index in [1.165, 1.54) is 10.9 Å². The van der Waals surface area contributed by atoms with Gasteiger partial charge < -0.3 is 24.2 Å². The van der Waals surface area contributed by atoms with Crippen LogP contribution in [0.25, 0.3) is 0 Å². The smallest absolute Gasteiger partial charge is 2.00 e. The Balaban J connectivity index is -0.0000000417. The summed E-state index contributed by atoms with van der Waals surface area (Å²) in [7, 11) is -9.75. The molecule has 0 aromatic heterocycles. The quantitative estimate of drug-likeness (QED) is 0.154. The van der Waals surface area contributed by atoms with Crippen LogP contribution in [0.1, 0.15) is 0 Å². The van der Waals surface area contributed by atoms with Gasteiger partial charge in [-0.2, -0.15) is 0 Å². The fourth-order valence-electron chi connectivity index (χ4n) is 0. The third kappa shape index (κ3) is 1830. The molecular formula is H7BBr2N2Ni2O9S2. The minimum atomic E-state index is -4.42. The summed E-state index contributed by atoms with van der Waals surface area (Å²) in [5, 5.41) is 29.0. The Kier molecular flexibility index (Phi) is 33.0. The average Bonchev–Trinajstić information content (AvgIpc) is 1.74. The number of rotatable bonds is 0. The van der Waals surface area contributed by atoms with Gasteiger partial charge in [-0.15, -0.1) is 0 Å². The fraction of sp³-hybridized carbons (Fsp3) is 0. The van der Waals surface area contributed by atoms with Crippen molar-refractivity contribution in [1.82, 2.24) is 0 Å². The van der Waals surface area contributed by atoms with Gasteiger partial charge in [0.15, 0.2) is 20.6 Å². The number of hydrogen-bond donors (Lipinski definition) is 5. The van der Waals surface area contributed by atoms with Gasteiger partial charge in [-0.3, -0.25) is 0 Å². The van der Waals surface area contributed by atoms with E-state index in [2.05, 4.69) is 38.7 Å². The first-order valence-corrected chi connectivity index (χ1v) is 10.3. The number of hydrogen-bond acceptors (Lipinski definition) is 9. The molecule has 11 nitrogen and oxygen atoms in total. The van der Waals surface area contributed by atoms with Crippen molar-refractivity contribution in [3.63, 3.8) is 0 Å². The van der Waals surface area contributed by atoms with Crippen molar-refractivity contribution in [3.05, 3.63) is 0 Å². The van der Waals surface area contributed by atoms with Crippen LogP contribution in [0, 0.1) is 0 Å². The minimum Gasteiger partial charge on any atom is 2.00 e. The molecule has 0 amide bonds. The van der Waals surface area contributed by atoms with Gasteiger partial charge in [-0.1, -0.05) is 0 Å². The fourth-order valence-corrected chi connectivity index (χ4v) is 0. The van der Waals surface area contributed by atoms with Gasteiger partial charge in [0.1, 0.15) is 0 Å². The van der Waals surface area contributed by atoms with Gasteiger partial charge in [0.2, 0.25) is 0 Å². The van der Waals surface area contributed by atoms with E-state index in [1.54, 1.807) is 0 Å². The van der Waals surface area contributed by atoms with Crippen LogP contribution in [0.15, 0.2) is 0 Å². The molecule has 0 aliphatic rings. The molecule has 0 saturated heterocycles. The maximum Gasteiger partial charge on any atom is 2.00 e. The Labute approximate surface area is 134 Å². The molecule has 0 bridgehead atoms. The third-order valence-electron chi connectivity index (χ3n) is 0. The molecule has 0 heterocycles. The molecular weight excluding hydrogens is 524 g/mol. The Bertz CT molecular complexity index is 282. The van der Waals surface area contributed by atoms with E-state index in [1.807, 2.05) is 0 Å². The average molecular weight is 531 g/mol. The molecule has 0 unspecified atom stereocenters. The van der Waals surface area contributed by atoms with Crippen LogP contribution in [-0.2, 0) is 48.0 Å². The number of nitrogens with two attached hydrogens (primary N) is 2. The first-order chi connectivity index (χ1) is 7.15. The monoisotopic (exact) mass is 528 g/mol. The van der Waals surface area contributed by atoms with Crippen LogP contribution >= 0.6 is 28.5 Å². The molecule has 7 N–H and O–H groups in total. The first kappa shape index (κ1) is 31.8. The van der Waals surface area contributed by atoms with E-state index in [9.17, 15) is 0 Å². The number of halogens is 2. The first-order valence-electron chi connectivity index (χ1n) is 2.49. The molecule has 0 atom stereocenters. The van der Waals surface area contributed by atoms with Gasteiger partial charge in [0, 0.05) is 0 Å². The Hall–Kier alpha value is 1.63. The van der Waals surface area contributed by atoms with Crippen LogP contribution in [-0.4, -0.2) is 48.3 Å². The standard InChI is InChI=1S/BH3O3.2BrH.2H3NO3S.2Ni/c2-1(3)4;;;2*1-5(2,3)4;;/h2-4H;2*1H;2*(H3,1,2,3,4);;/q;;;;;2*+2/p-4. The van der Waals surface area contributed by atoms with Gasteiger partial charge in [0.25, 0.3) is 0 Å². The van der Waals surface area contributed by atoms with Gasteiger partial charge >= 0.3 is 63.2 Å². The summed E-state index contributed by atoms with van der Waals surface area (Å²) < 4.78 is 53.1. The van der Waals surface area contributed by atoms with Crippen molar-refractivity contribution in [2.24, 2.45) is 10.3 Å². The normalized spacial score (nSPS) is 9.17. The predicted molar refractivity (Wildman–Crippen MR) is 58.0 cm³/mol. The van der Waals surface area contributed by atoms with Crippen molar-refractivity contribution in [2.75, 3.05) is 0 Å². The summed E-state index contributed by atoms with van der Waals surface area (Å²) in [5.74, 6) is 0. The largest absolute Gasteiger partial charge is 2.00 e. The van der Waals surface area contributed by atoms with Crippen LogP contribution in [0.3, 0.4) is 0 Å². The van der Waals surface area contributed by atoms with Gasteiger partial charge in [-0.25, -0.2) is 27.1 Å². The van der Waals surface area contributed by atoms with Crippen molar-refractivity contribution in [1.29, 1.82) is 0 Å². The summed E-state index contributed by atoms with van der Waals surface area (Å²) >= 11 is 6.00.